The summed E-state index contributed by atoms with van der Waals surface area (Å²) < 4.78 is 10.5. The van der Waals surface area contributed by atoms with E-state index in [-0.39, 0.29) is 5.91 Å². The van der Waals surface area contributed by atoms with Crippen molar-refractivity contribution in [3.8, 4) is 0 Å². The van der Waals surface area contributed by atoms with Crippen LogP contribution in [0.1, 0.15) is 25.7 Å². The van der Waals surface area contributed by atoms with Crippen LogP contribution in [0.15, 0.2) is 12.0 Å². The second-order valence-corrected chi connectivity index (χ2v) is 5.38. The van der Waals surface area contributed by atoms with Crippen molar-refractivity contribution in [2.45, 2.75) is 43.8 Å². The summed E-state index contributed by atoms with van der Waals surface area (Å²) >= 11 is 0. The van der Waals surface area contributed by atoms with E-state index in [9.17, 15) is 4.79 Å². The number of carbonyl (C=O) groups is 1. The lowest BCUT2D eigenvalue weighted by molar-refractivity contribution is -0.133. The highest BCUT2D eigenvalue weighted by Crippen LogP contribution is 2.29. The van der Waals surface area contributed by atoms with Crippen LogP contribution in [-0.4, -0.2) is 49.2 Å². The van der Waals surface area contributed by atoms with Crippen molar-refractivity contribution < 1.29 is 14.3 Å². The zero-order chi connectivity index (χ0) is 12.5. The molecule has 0 radical (unpaired) electrons. The Labute approximate surface area is 107 Å². The largest absolute Gasteiger partial charge is 0.494 e. The Kier molecular flexibility index (Phi) is 3.16. The van der Waals surface area contributed by atoms with Crippen molar-refractivity contribution in [3.05, 3.63) is 12.0 Å². The lowest BCUT2D eigenvalue weighted by atomic mass is 9.98. The molecule has 0 aromatic heterocycles. The molecule has 1 N–H and O–H groups in total. The van der Waals surface area contributed by atoms with E-state index < -0.39 is 0 Å². The van der Waals surface area contributed by atoms with Gasteiger partial charge < -0.3 is 19.7 Å². The van der Waals surface area contributed by atoms with Gasteiger partial charge in [0.15, 0.2) is 0 Å². The molecule has 2 unspecified atom stereocenters. The van der Waals surface area contributed by atoms with Crippen molar-refractivity contribution in [2.75, 3.05) is 20.3 Å². The molecule has 0 aromatic carbocycles. The van der Waals surface area contributed by atoms with E-state index in [2.05, 4.69) is 5.32 Å². The molecular weight excluding hydrogens is 232 g/mol. The first kappa shape index (κ1) is 11.8. The number of rotatable bonds is 2. The molecule has 5 nitrogen and oxygen atoms in total. The molecule has 2 saturated heterocycles. The molecule has 5 heteroatoms. The molecule has 3 aliphatic rings. The predicted octanol–water partition coefficient (Wildman–Crippen LogP) is 0.616. The van der Waals surface area contributed by atoms with Crippen molar-refractivity contribution >= 4 is 5.91 Å². The van der Waals surface area contributed by atoms with Crippen LogP contribution in [0.4, 0.5) is 0 Å². The van der Waals surface area contributed by atoms with Gasteiger partial charge in [-0.2, -0.15) is 0 Å². The summed E-state index contributed by atoms with van der Waals surface area (Å²) in [5.41, 5.74) is 0. The zero-order valence-corrected chi connectivity index (χ0v) is 10.7. The van der Waals surface area contributed by atoms with Gasteiger partial charge in [0.05, 0.1) is 0 Å². The van der Waals surface area contributed by atoms with Gasteiger partial charge in [0.1, 0.15) is 19.5 Å². The minimum atomic E-state index is -0.0546. The highest BCUT2D eigenvalue weighted by atomic mass is 16.6. The van der Waals surface area contributed by atoms with Crippen LogP contribution in [0.5, 0.6) is 0 Å². The average molecular weight is 252 g/mol. The van der Waals surface area contributed by atoms with E-state index in [4.69, 9.17) is 9.47 Å². The third-order valence-corrected chi connectivity index (χ3v) is 4.18. The van der Waals surface area contributed by atoms with E-state index in [1.54, 1.807) is 0 Å². The van der Waals surface area contributed by atoms with E-state index >= 15 is 0 Å². The summed E-state index contributed by atoms with van der Waals surface area (Å²) in [5.74, 6) is 0.288. The Morgan fingerprint density at radius 2 is 2.06 bits per heavy atom. The van der Waals surface area contributed by atoms with Crippen LogP contribution in [0.3, 0.4) is 0 Å². The fourth-order valence-electron chi connectivity index (χ4n) is 3.16. The maximum atomic E-state index is 12.3. The first-order valence-corrected chi connectivity index (χ1v) is 6.72. The highest BCUT2D eigenvalue weighted by Gasteiger charge is 2.37. The van der Waals surface area contributed by atoms with Crippen LogP contribution in [0.2, 0.25) is 0 Å². The number of nitrogens with one attached hydrogen (secondary N) is 1. The van der Waals surface area contributed by atoms with Gasteiger partial charge in [0.2, 0.25) is 5.76 Å². The van der Waals surface area contributed by atoms with Crippen molar-refractivity contribution in [1.82, 2.24) is 10.2 Å². The van der Waals surface area contributed by atoms with Gasteiger partial charge in [0.25, 0.3) is 5.91 Å². The minimum Gasteiger partial charge on any atom is -0.494 e. The number of amides is 1. The lowest BCUT2D eigenvalue weighted by Gasteiger charge is -2.35. The quantitative estimate of drug-likeness (QED) is 0.782. The topological polar surface area (TPSA) is 50.8 Å². The molecule has 2 atom stereocenters. The summed E-state index contributed by atoms with van der Waals surface area (Å²) in [6, 6.07) is 1.49. The van der Waals surface area contributed by atoms with Gasteiger partial charge in [-0.1, -0.05) is 0 Å². The number of hydrogen-bond donors (Lipinski definition) is 1. The third-order valence-electron chi connectivity index (χ3n) is 4.18. The van der Waals surface area contributed by atoms with Gasteiger partial charge in [0, 0.05) is 25.2 Å². The second kappa shape index (κ2) is 4.80. The first-order valence-electron chi connectivity index (χ1n) is 6.72. The van der Waals surface area contributed by atoms with Crippen LogP contribution >= 0.6 is 0 Å². The monoisotopic (exact) mass is 252 g/mol. The van der Waals surface area contributed by atoms with E-state index in [1.165, 1.54) is 19.1 Å². The van der Waals surface area contributed by atoms with Crippen molar-refractivity contribution in [2.24, 2.45) is 0 Å². The lowest BCUT2D eigenvalue weighted by Crippen LogP contribution is -2.49. The van der Waals surface area contributed by atoms with Gasteiger partial charge >= 0.3 is 0 Å². The Hall–Kier alpha value is -1.23. The molecule has 2 bridgehead atoms. The Morgan fingerprint density at radius 3 is 2.67 bits per heavy atom. The number of piperidine rings is 1. The van der Waals surface area contributed by atoms with E-state index in [0.717, 1.165) is 12.8 Å². The number of fused-ring (bicyclic) bond motifs is 2. The summed E-state index contributed by atoms with van der Waals surface area (Å²) in [6.07, 6.45) is 6.02. The Balaban J connectivity index is 1.65. The molecule has 3 heterocycles. The average Bonchev–Trinajstić information content (AvgIpc) is 2.77. The van der Waals surface area contributed by atoms with Crippen LogP contribution in [-0.2, 0) is 14.3 Å². The molecule has 0 aliphatic carbocycles. The summed E-state index contributed by atoms with van der Waals surface area (Å²) in [5, 5.41) is 3.59. The molecule has 3 aliphatic heterocycles. The molecule has 100 valence electrons. The Morgan fingerprint density at radius 1 is 1.33 bits per heavy atom. The number of likely N-dealkylation sites (N-methyl/N-ethyl adjacent to an activating group) is 1. The number of nitrogens with zero attached hydrogens (tertiary/aromatic N) is 1. The molecule has 2 fully saturated rings. The number of hydrogen-bond acceptors (Lipinski definition) is 4. The van der Waals surface area contributed by atoms with E-state index in [1.807, 2.05) is 11.9 Å². The van der Waals surface area contributed by atoms with Crippen molar-refractivity contribution in [1.29, 1.82) is 0 Å². The van der Waals surface area contributed by atoms with Gasteiger partial charge in [-0.15, -0.1) is 0 Å². The Bertz CT molecular complexity index is 357. The number of ether oxygens (including phenoxy) is 2. The summed E-state index contributed by atoms with van der Waals surface area (Å²) in [7, 11) is 1.87. The zero-order valence-electron chi connectivity index (χ0n) is 10.7. The molecular formula is C13H20N2O3. The summed E-state index contributed by atoms with van der Waals surface area (Å²) in [4.78, 5) is 14.1. The molecule has 3 rings (SSSR count). The standard InChI is InChI=1S/C13H20N2O3/c1-15(13(16)12-8-17-4-5-18-12)11-6-9-2-3-10(7-11)14-9/h8-11,14H,2-7H2,1H3. The summed E-state index contributed by atoms with van der Waals surface area (Å²) in [6.45, 7) is 0.987. The van der Waals surface area contributed by atoms with Crippen LogP contribution in [0, 0.1) is 0 Å². The molecule has 18 heavy (non-hydrogen) atoms. The van der Waals surface area contributed by atoms with Crippen molar-refractivity contribution in [3.63, 3.8) is 0 Å². The third kappa shape index (κ3) is 2.19. The van der Waals surface area contributed by atoms with E-state index in [0.29, 0.717) is 37.1 Å². The predicted molar refractivity (Wildman–Crippen MR) is 65.7 cm³/mol. The second-order valence-electron chi connectivity index (χ2n) is 5.38. The molecule has 1 amide bonds. The van der Waals surface area contributed by atoms with Gasteiger partial charge in [-0.25, -0.2) is 0 Å². The fraction of sp³-hybridized carbons (Fsp3) is 0.769. The fourth-order valence-corrected chi connectivity index (χ4v) is 3.16. The molecule has 0 spiro atoms. The normalized spacial score (nSPS) is 34.3. The minimum absolute atomic E-state index is 0.0546. The maximum absolute atomic E-state index is 12.3. The van der Waals surface area contributed by atoms with Gasteiger partial charge in [-0.05, 0) is 25.7 Å². The van der Waals surface area contributed by atoms with Gasteiger partial charge in [-0.3, -0.25) is 4.79 Å². The number of carbonyl (C=O) groups excluding carboxylic acids is 1. The molecule has 0 aromatic rings. The SMILES string of the molecule is CN(C(=O)C1=COCCO1)C1CC2CCC(C1)N2. The van der Waals surface area contributed by atoms with Crippen LogP contribution < -0.4 is 5.32 Å². The smallest absolute Gasteiger partial charge is 0.292 e. The highest BCUT2D eigenvalue weighted by molar-refractivity contribution is 5.91. The molecule has 0 saturated carbocycles. The maximum Gasteiger partial charge on any atom is 0.292 e. The van der Waals surface area contributed by atoms with Crippen LogP contribution in [0.25, 0.3) is 0 Å². The first-order chi connectivity index (χ1) is 8.74.